The molecule has 1 aromatic rings. The van der Waals surface area contributed by atoms with Gasteiger partial charge in [-0.15, -0.1) is 0 Å². The highest BCUT2D eigenvalue weighted by atomic mass is 14.9. The average molecular weight is 223 g/mol. The lowest BCUT2D eigenvalue weighted by Gasteiger charge is -2.03. The molecule has 3 nitrogen and oxygen atoms in total. The number of aromatic nitrogens is 2. The first-order valence-electron chi connectivity index (χ1n) is 6.62. The van der Waals surface area contributed by atoms with E-state index in [1.54, 1.807) is 0 Å². The summed E-state index contributed by atoms with van der Waals surface area (Å²) in [7, 11) is 0. The topological polar surface area (TPSA) is 40.7 Å². The van der Waals surface area contributed by atoms with Crippen molar-refractivity contribution in [3.8, 4) is 0 Å². The van der Waals surface area contributed by atoms with Gasteiger partial charge >= 0.3 is 0 Å². The van der Waals surface area contributed by atoms with Crippen LogP contribution in [-0.2, 0) is 6.42 Å². The summed E-state index contributed by atoms with van der Waals surface area (Å²) in [5.41, 5.74) is 0. The lowest BCUT2D eigenvalue weighted by atomic mass is 10.2. The predicted molar refractivity (Wildman–Crippen MR) is 68.5 cm³/mol. The highest BCUT2D eigenvalue weighted by molar-refractivity contribution is 4.86. The van der Waals surface area contributed by atoms with Crippen LogP contribution in [-0.4, -0.2) is 23.1 Å². The van der Waals surface area contributed by atoms with E-state index in [0.717, 1.165) is 12.2 Å². The summed E-state index contributed by atoms with van der Waals surface area (Å²) in [6.45, 7) is 4.60. The molecule has 2 N–H and O–H groups in total. The standard InChI is InChI=1S/C13H25N3/c1-2-3-6-9-14-10-7-4-5-8-13-15-11-12-16-13/h11-12,14H,2-10H2,1H3,(H,15,16). The summed E-state index contributed by atoms with van der Waals surface area (Å²) in [5, 5.41) is 3.49. The first-order chi connectivity index (χ1) is 7.93. The Bertz CT molecular complexity index is 231. The van der Waals surface area contributed by atoms with E-state index in [0.29, 0.717) is 0 Å². The lowest BCUT2D eigenvalue weighted by molar-refractivity contribution is 0.573. The zero-order valence-corrected chi connectivity index (χ0v) is 10.5. The monoisotopic (exact) mass is 223 g/mol. The third-order valence-corrected chi connectivity index (χ3v) is 2.78. The Morgan fingerprint density at radius 3 is 2.62 bits per heavy atom. The van der Waals surface area contributed by atoms with Gasteiger partial charge in [0.15, 0.2) is 0 Å². The van der Waals surface area contributed by atoms with Crippen LogP contribution in [0.25, 0.3) is 0 Å². The van der Waals surface area contributed by atoms with Crippen molar-refractivity contribution in [2.24, 2.45) is 0 Å². The number of H-pyrrole nitrogens is 1. The molecule has 0 amide bonds. The number of hydrogen-bond donors (Lipinski definition) is 2. The molecule has 0 spiro atoms. The van der Waals surface area contributed by atoms with Crippen molar-refractivity contribution >= 4 is 0 Å². The molecule has 0 radical (unpaired) electrons. The van der Waals surface area contributed by atoms with Gasteiger partial charge in [0.25, 0.3) is 0 Å². The number of nitrogens with one attached hydrogen (secondary N) is 2. The molecule has 0 aliphatic rings. The Kier molecular flexibility index (Phi) is 7.78. The van der Waals surface area contributed by atoms with Crippen LogP contribution in [0, 0.1) is 0 Å². The normalized spacial score (nSPS) is 10.8. The van der Waals surface area contributed by atoms with Crippen molar-refractivity contribution in [3.05, 3.63) is 18.2 Å². The van der Waals surface area contributed by atoms with E-state index in [1.807, 2.05) is 12.4 Å². The van der Waals surface area contributed by atoms with E-state index in [4.69, 9.17) is 0 Å². The van der Waals surface area contributed by atoms with E-state index in [1.165, 1.54) is 51.6 Å². The number of rotatable bonds is 10. The van der Waals surface area contributed by atoms with Gasteiger partial charge in [-0.1, -0.05) is 26.2 Å². The Labute approximate surface area is 99.1 Å². The SMILES string of the molecule is CCCCCNCCCCCc1ncc[nH]1. The maximum absolute atomic E-state index is 4.21. The molecule has 0 aromatic carbocycles. The largest absolute Gasteiger partial charge is 0.349 e. The third kappa shape index (κ3) is 6.62. The minimum absolute atomic E-state index is 1.09. The maximum atomic E-state index is 4.21. The van der Waals surface area contributed by atoms with Gasteiger partial charge in [-0.25, -0.2) is 4.98 Å². The van der Waals surface area contributed by atoms with Crippen molar-refractivity contribution in [3.63, 3.8) is 0 Å². The molecule has 1 heterocycles. The van der Waals surface area contributed by atoms with E-state index < -0.39 is 0 Å². The third-order valence-electron chi connectivity index (χ3n) is 2.78. The van der Waals surface area contributed by atoms with Gasteiger partial charge in [0.05, 0.1) is 0 Å². The van der Waals surface area contributed by atoms with Crippen molar-refractivity contribution in [1.29, 1.82) is 0 Å². The van der Waals surface area contributed by atoms with Gasteiger partial charge in [0, 0.05) is 18.8 Å². The van der Waals surface area contributed by atoms with Gasteiger partial charge < -0.3 is 10.3 Å². The first kappa shape index (κ1) is 13.2. The van der Waals surface area contributed by atoms with E-state index in [2.05, 4.69) is 22.2 Å². The Morgan fingerprint density at radius 1 is 1.12 bits per heavy atom. The van der Waals surface area contributed by atoms with Crippen LogP contribution in [0.4, 0.5) is 0 Å². The molecule has 0 aliphatic carbocycles. The minimum Gasteiger partial charge on any atom is -0.349 e. The molecule has 0 bridgehead atoms. The summed E-state index contributed by atoms with van der Waals surface area (Å²) in [4.78, 5) is 7.35. The van der Waals surface area contributed by atoms with Crippen molar-refractivity contribution in [1.82, 2.24) is 15.3 Å². The molecule has 0 saturated carbocycles. The summed E-state index contributed by atoms with van der Waals surface area (Å²) in [5.74, 6) is 1.12. The summed E-state index contributed by atoms with van der Waals surface area (Å²) in [6, 6.07) is 0. The molecule has 1 aromatic heterocycles. The van der Waals surface area contributed by atoms with Gasteiger partial charge in [-0.3, -0.25) is 0 Å². The van der Waals surface area contributed by atoms with Gasteiger partial charge in [0.1, 0.15) is 5.82 Å². The fourth-order valence-electron chi connectivity index (χ4n) is 1.78. The number of hydrogen-bond acceptors (Lipinski definition) is 2. The van der Waals surface area contributed by atoms with Crippen LogP contribution in [0.5, 0.6) is 0 Å². The molecule has 0 fully saturated rings. The van der Waals surface area contributed by atoms with Crippen LogP contribution < -0.4 is 5.32 Å². The summed E-state index contributed by atoms with van der Waals surface area (Å²) < 4.78 is 0. The predicted octanol–water partition coefficient (Wildman–Crippen LogP) is 2.90. The smallest absolute Gasteiger partial charge is 0.105 e. The van der Waals surface area contributed by atoms with Gasteiger partial charge in [-0.05, 0) is 32.4 Å². The van der Waals surface area contributed by atoms with Crippen molar-refractivity contribution in [2.45, 2.75) is 51.9 Å². The number of imidazole rings is 1. The minimum atomic E-state index is 1.09. The fourth-order valence-corrected chi connectivity index (χ4v) is 1.78. The molecule has 0 unspecified atom stereocenters. The molecule has 92 valence electrons. The number of unbranched alkanes of at least 4 members (excludes halogenated alkanes) is 4. The first-order valence-corrected chi connectivity index (χ1v) is 6.62. The zero-order valence-electron chi connectivity index (χ0n) is 10.5. The van der Waals surface area contributed by atoms with Gasteiger partial charge in [0.2, 0.25) is 0 Å². The van der Waals surface area contributed by atoms with Crippen molar-refractivity contribution in [2.75, 3.05) is 13.1 Å². The Balaban J connectivity index is 1.78. The van der Waals surface area contributed by atoms with Crippen LogP contribution in [0.2, 0.25) is 0 Å². The highest BCUT2D eigenvalue weighted by Gasteiger charge is 1.94. The molecular formula is C13H25N3. The van der Waals surface area contributed by atoms with Crippen molar-refractivity contribution < 1.29 is 0 Å². The molecule has 16 heavy (non-hydrogen) atoms. The second kappa shape index (κ2) is 9.40. The quantitative estimate of drug-likeness (QED) is 0.599. The van der Waals surface area contributed by atoms with Gasteiger partial charge in [-0.2, -0.15) is 0 Å². The molecule has 1 rings (SSSR count). The molecule has 0 aliphatic heterocycles. The second-order valence-corrected chi connectivity index (χ2v) is 4.30. The molecule has 0 atom stereocenters. The number of nitrogens with zero attached hydrogens (tertiary/aromatic N) is 1. The van der Waals surface area contributed by atoms with E-state index in [9.17, 15) is 0 Å². The van der Waals surface area contributed by atoms with E-state index in [-0.39, 0.29) is 0 Å². The zero-order chi connectivity index (χ0) is 11.5. The Morgan fingerprint density at radius 2 is 1.94 bits per heavy atom. The second-order valence-electron chi connectivity index (χ2n) is 4.30. The van der Waals surface area contributed by atoms with Crippen LogP contribution >= 0.6 is 0 Å². The fraction of sp³-hybridized carbons (Fsp3) is 0.769. The van der Waals surface area contributed by atoms with Crippen LogP contribution in [0.3, 0.4) is 0 Å². The van der Waals surface area contributed by atoms with Crippen LogP contribution in [0.15, 0.2) is 12.4 Å². The Hall–Kier alpha value is -0.830. The molecular weight excluding hydrogens is 198 g/mol. The lowest BCUT2D eigenvalue weighted by Crippen LogP contribution is -2.16. The average Bonchev–Trinajstić information content (AvgIpc) is 2.80. The summed E-state index contributed by atoms with van der Waals surface area (Å²) >= 11 is 0. The van der Waals surface area contributed by atoms with E-state index >= 15 is 0 Å². The maximum Gasteiger partial charge on any atom is 0.105 e. The molecule has 3 heteroatoms. The highest BCUT2D eigenvalue weighted by Crippen LogP contribution is 2.01. The number of aromatic amines is 1. The summed E-state index contributed by atoms with van der Waals surface area (Å²) in [6.07, 6.45) is 12.6. The van der Waals surface area contributed by atoms with Crippen LogP contribution in [0.1, 0.15) is 51.3 Å². The number of aryl methyl sites for hydroxylation is 1. The molecule has 0 saturated heterocycles.